The highest BCUT2D eigenvalue weighted by atomic mass is 32.2. The highest BCUT2D eigenvalue weighted by molar-refractivity contribution is 8.00. The fourth-order valence-electron chi connectivity index (χ4n) is 1.80. The van der Waals surface area contributed by atoms with E-state index in [1.165, 1.54) is 10.5 Å². The van der Waals surface area contributed by atoms with Crippen molar-refractivity contribution in [3.8, 4) is 0 Å². The Morgan fingerprint density at radius 3 is 3.12 bits per heavy atom. The van der Waals surface area contributed by atoms with Gasteiger partial charge in [-0.3, -0.25) is 5.10 Å². The monoisotopic (exact) mass is 276 g/mol. The van der Waals surface area contributed by atoms with Crippen LogP contribution >= 0.6 is 11.8 Å². The third-order valence-corrected chi connectivity index (χ3v) is 5.72. The molecule has 0 amide bonds. The van der Waals surface area contributed by atoms with Crippen molar-refractivity contribution in [3.05, 3.63) is 11.8 Å². The largest absolute Gasteiger partial charge is 0.326 e. The van der Waals surface area contributed by atoms with Crippen LogP contribution in [0.3, 0.4) is 0 Å². The molecule has 1 atom stereocenters. The number of hydrogen-bond donors (Lipinski definition) is 2. The van der Waals surface area contributed by atoms with Gasteiger partial charge in [-0.15, -0.1) is 0 Å². The summed E-state index contributed by atoms with van der Waals surface area (Å²) in [5, 5.41) is 6.76. The summed E-state index contributed by atoms with van der Waals surface area (Å²) in [5.41, 5.74) is 6.04. The van der Waals surface area contributed by atoms with E-state index in [-0.39, 0.29) is 11.6 Å². The zero-order valence-electron chi connectivity index (χ0n) is 9.59. The number of H-pyrrole nitrogens is 1. The summed E-state index contributed by atoms with van der Waals surface area (Å²) < 4.78 is 26.2. The zero-order valence-corrected chi connectivity index (χ0v) is 11.2. The van der Waals surface area contributed by atoms with Gasteiger partial charge in [-0.1, -0.05) is 6.92 Å². The molecule has 1 saturated heterocycles. The number of nitrogens with zero attached hydrogens (tertiary/aromatic N) is 2. The van der Waals surface area contributed by atoms with Gasteiger partial charge >= 0.3 is 0 Å². The van der Waals surface area contributed by atoms with Gasteiger partial charge in [0, 0.05) is 36.2 Å². The molecule has 0 aromatic carbocycles. The van der Waals surface area contributed by atoms with Gasteiger partial charge in [0.1, 0.15) is 0 Å². The summed E-state index contributed by atoms with van der Waals surface area (Å²) in [6, 6.07) is 0. The molecule has 1 aliphatic rings. The van der Waals surface area contributed by atoms with Gasteiger partial charge in [0.05, 0.1) is 6.20 Å². The zero-order chi connectivity index (χ0) is 12.5. The first-order chi connectivity index (χ1) is 8.05. The summed E-state index contributed by atoms with van der Waals surface area (Å²) in [5.74, 6) is 0.826. The maximum absolute atomic E-state index is 12.4. The molecule has 1 aliphatic heterocycles. The van der Waals surface area contributed by atoms with E-state index >= 15 is 0 Å². The van der Waals surface area contributed by atoms with Crippen molar-refractivity contribution in [1.29, 1.82) is 0 Å². The molecule has 8 heteroatoms. The minimum Gasteiger partial charge on any atom is -0.326 e. The molecule has 1 aromatic heterocycles. The Labute approximate surface area is 105 Å². The van der Waals surface area contributed by atoms with Crippen LogP contribution < -0.4 is 5.73 Å². The minimum atomic E-state index is -3.47. The number of hydrogen-bond acceptors (Lipinski definition) is 5. The quantitative estimate of drug-likeness (QED) is 0.810. The van der Waals surface area contributed by atoms with Gasteiger partial charge in [0.2, 0.25) is 0 Å². The van der Waals surface area contributed by atoms with Crippen LogP contribution in [0.15, 0.2) is 11.2 Å². The maximum Gasteiger partial charge on any atom is 0.260 e. The Hall–Kier alpha value is -0.570. The van der Waals surface area contributed by atoms with Gasteiger partial charge < -0.3 is 5.73 Å². The Kier molecular flexibility index (Phi) is 3.76. The number of sulfonamides is 1. The van der Waals surface area contributed by atoms with E-state index in [0.717, 1.165) is 5.75 Å². The summed E-state index contributed by atoms with van der Waals surface area (Å²) in [6.45, 7) is 3.28. The number of nitrogens with one attached hydrogen (secondary N) is 1. The van der Waals surface area contributed by atoms with Crippen LogP contribution in [0, 0.1) is 0 Å². The molecule has 1 unspecified atom stereocenters. The molecule has 3 N–H and O–H groups in total. The Bertz CT molecular complexity index is 485. The molecular formula is C9H16N4O2S2. The first kappa shape index (κ1) is 12.9. The molecule has 0 aliphatic carbocycles. The van der Waals surface area contributed by atoms with Gasteiger partial charge in [-0.2, -0.15) is 21.2 Å². The molecule has 0 radical (unpaired) electrons. The lowest BCUT2D eigenvalue weighted by Gasteiger charge is -2.29. The summed E-state index contributed by atoms with van der Waals surface area (Å²) in [6.07, 6.45) is 1.47. The molecule has 1 aromatic rings. The second-order valence-corrected chi connectivity index (χ2v) is 7.39. The molecule has 2 rings (SSSR count). The topological polar surface area (TPSA) is 92.1 Å². The van der Waals surface area contributed by atoms with Crippen LogP contribution in [0.4, 0.5) is 0 Å². The summed E-state index contributed by atoms with van der Waals surface area (Å²) >= 11 is 1.79. The van der Waals surface area contributed by atoms with Crippen molar-refractivity contribution in [1.82, 2.24) is 14.5 Å². The predicted octanol–water partition coefficient (Wildman–Crippen LogP) is -0.00560. The average molecular weight is 276 g/mol. The normalized spacial score (nSPS) is 22.8. The van der Waals surface area contributed by atoms with E-state index in [0.29, 0.717) is 23.9 Å². The Balaban J connectivity index is 2.30. The summed E-state index contributed by atoms with van der Waals surface area (Å²) in [7, 11) is -3.47. The molecule has 6 nitrogen and oxygen atoms in total. The van der Waals surface area contributed by atoms with E-state index in [4.69, 9.17) is 5.73 Å². The maximum atomic E-state index is 12.4. The van der Waals surface area contributed by atoms with E-state index in [9.17, 15) is 8.42 Å². The molecule has 0 saturated carbocycles. The van der Waals surface area contributed by atoms with E-state index < -0.39 is 10.0 Å². The number of aromatic amines is 1. The van der Waals surface area contributed by atoms with Crippen molar-refractivity contribution in [2.24, 2.45) is 5.73 Å². The lowest BCUT2D eigenvalue weighted by Crippen LogP contribution is -2.41. The van der Waals surface area contributed by atoms with Gasteiger partial charge in [-0.05, 0) is 0 Å². The van der Waals surface area contributed by atoms with E-state index in [1.54, 1.807) is 11.8 Å². The number of aromatic nitrogens is 2. The molecular weight excluding hydrogens is 260 g/mol. The number of nitrogens with two attached hydrogens (primary N) is 1. The van der Waals surface area contributed by atoms with Crippen molar-refractivity contribution >= 4 is 21.8 Å². The molecule has 0 spiro atoms. The Morgan fingerprint density at radius 2 is 2.47 bits per heavy atom. The third kappa shape index (κ3) is 2.49. The van der Waals surface area contributed by atoms with Crippen molar-refractivity contribution < 1.29 is 8.42 Å². The van der Waals surface area contributed by atoms with Crippen LogP contribution in [-0.4, -0.2) is 47.0 Å². The number of rotatable bonds is 3. The van der Waals surface area contributed by atoms with Crippen molar-refractivity contribution in [2.75, 3.05) is 18.8 Å². The summed E-state index contributed by atoms with van der Waals surface area (Å²) in [4.78, 5) is 0. The second kappa shape index (κ2) is 4.97. The first-order valence-corrected chi connectivity index (χ1v) is 7.88. The molecule has 1 fully saturated rings. The van der Waals surface area contributed by atoms with E-state index in [1.807, 2.05) is 6.92 Å². The van der Waals surface area contributed by atoms with Crippen LogP contribution in [0.5, 0.6) is 0 Å². The van der Waals surface area contributed by atoms with Gasteiger partial charge in [0.25, 0.3) is 10.0 Å². The van der Waals surface area contributed by atoms with Crippen molar-refractivity contribution in [3.63, 3.8) is 0 Å². The van der Waals surface area contributed by atoms with Crippen LogP contribution in [-0.2, 0) is 16.6 Å². The average Bonchev–Trinajstić information content (AvgIpc) is 2.77. The highest BCUT2D eigenvalue weighted by Crippen LogP contribution is 2.24. The predicted molar refractivity (Wildman–Crippen MR) is 67.2 cm³/mol. The Morgan fingerprint density at radius 1 is 1.71 bits per heavy atom. The van der Waals surface area contributed by atoms with Crippen LogP contribution in [0.1, 0.15) is 12.5 Å². The van der Waals surface area contributed by atoms with Crippen LogP contribution in [0.2, 0.25) is 0 Å². The molecule has 2 heterocycles. The minimum absolute atomic E-state index is 0.138. The lowest BCUT2D eigenvalue weighted by atomic mass is 10.4. The van der Waals surface area contributed by atoms with Crippen LogP contribution in [0.25, 0.3) is 0 Å². The fraction of sp³-hybridized carbons (Fsp3) is 0.667. The van der Waals surface area contributed by atoms with Crippen molar-refractivity contribution in [2.45, 2.75) is 23.7 Å². The first-order valence-electron chi connectivity index (χ1n) is 5.39. The smallest absolute Gasteiger partial charge is 0.260 e. The molecule has 96 valence electrons. The SMILES string of the molecule is CC1CN(S(=O)(=O)c2[nH]ncc2CN)CCS1. The standard InChI is InChI=1S/C9H16N4O2S2/c1-7-6-13(2-3-16-7)17(14,15)9-8(4-10)5-11-12-9/h5,7H,2-4,6,10H2,1H3,(H,11,12). The van der Waals surface area contributed by atoms with Gasteiger partial charge in [-0.25, -0.2) is 8.42 Å². The molecule has 0 bridgehead atoms. The third-order valence-electron chi connectivity index (χ3n) is 2.70. The lowest BCUT2D eigenvalue weighted by molar-refractivity contribution is 0.421. The van der Waals surface area contributed by atoms with Gasteiger partial charge in [0.15, 0.2) is 5.03 Å². The second-order valence-electron chi connectivity index (χ2n) is 3.97. The fourth-order valence-corrected chi connectivity index (χ4v) is 4.67. The number of thioether (sulfide) groups is 1. The van der Waals surface area contributed by atoms with E-state index in [2.05, 4.69) is 10.2 Å². The molecule has 17 heavy (non-hydrogen) atoms. The highest BCUT2D eigenvalue weighted by Gasteiger charge is 2.31.